The summed E-state index contributed by atoms with van der Waals surface area (Å²) in [6, 6.07) is 0. The zero-order valence-electron chi connectivity index (χ0n) is 8.56. The fourth-order valence-corrected chi connectivity index (χ4v) is 3.65. The highest BCUT2D eigenvalue weighted by molar-refractivity contribution is 7.17. The molecule has 0 spiro atoms. The number of hydrogen-bond acceptors (Lipinski definition) is 3. The summed E-state index contributed by atoms with van der Waals surface area (Å²) in [6.45, 7) is 2.25. The van der Waals surface area contributed by atoms with Crippen molar-refractivity contribution < 1.29 is 4.79 Å². The number of aryl methyl sites for hydroxylation is 1. The van der Waals surface area contributed by atoms with Crippen LogP contribution in [-0.2, 0) is 6.42 Å². The molecule has 0 N–H and O–H groups in total. The van der Waals surface area contributed by atoms with Crippen molar-refractivity contribution in [3.63, 3.8) is 0 Å². The van der Waals surface area contributed by atoms with Crippen molar-refractivity contribution in [2.45, 2.75) is 32.1 Å². The molecular formula is C11H12N2OS. The van der Waals surface area contributed by atoms with Gasteiger partial charge < -0.3 is 0 Å². The van der Waals surface area contributed by atoms with Crippen molar-refractivity contribution in [3.05, 3.63) is 22.5 Å². The number of rotatable bonds is 1. The molecule has 15 heavy (non-hydrogen) atoms. The highest BCUT2D eigenvalue weighted by atomic mass is 32.1. The minimum absolute atomic E-state index is 0.543. The first-order chi connectivity index (χ1) is 7.29. The van der Waals surface area contributed by atoms with Crippen molar-refractivity contribution in [1.82, 2.24) is 9.38 Å². The monoisotopic (exact) mass is 220 g/mol. The molecule has 3 nitrogen and oxygen atoms in total. The van der Waals surface area contributed by atoms with Gasteiger partial charge in [0.1, 0.15) is 5.69 Å². The Bertz CT molecular complexity index is 526. The van der Waals surface area contributed by atoms with E-state index in [1.165, 1.54) is 29.8 Å². The summed E-state index contributed by atoms with van der Waals surface area (Å²) < 4.78 is 2.10. The number of thiazole rings is 1. The molecule has 1 atom stereocenters. The summed E-state index contributed by atoms with van der Waals surface area (Å²) in [7, 11) is 0. The predicted octanol–water partition coefficient (Wildman–Crippen LogP) is 2.65. The molecule has 1 aliphatic rings. The normalized spacial score (nSPS) is 20.5. The van der Waals surface area contributed by atoms with Gasteiger partial charge in [0.2, 0.25) is 0 Å². The largest absolute Gasteiger partial charge is 0.296 e. The number of aromatic nitrogens is 2. The van der Waals surface area contributed by atoms with Gasteiger partial charge in [-0.2, -0.15) is 0 Å². The van der Waals surface area contributed by atoms with Crippen LogP contribution in [0.4, 0.5) is 0 Å². The van der Waals surface area contributed by atoms with Gasteiger partial charge in [0, 0.05) is 16.8 Å². The molecule has 2 aromatic rings. The summed E-state index contributed by atoms with van der Waals surface area (Å²) in [5, 5.41) is 0. The average molecular weight is 220 g/mol. The lowest BCUT2D eigenvalue weighted by atomic mass is 9.93. The zero-order valence-corrected chi connectivity index (χ0v) is 9.38. The molecule has 0 amide bonds. The Hall–Kier alpha value is -1.16. The van der Waals surface area contributed by atoms with E-state index >= 15 is 0 Å². The second kappa shape index (κ2) is 3.17. The minimum Gasteiger partial charge on any atom is -0.296 e. The van der Waals surface area contributed by atoms with Crippen molar-refractivity contribution in [2.24, 2.45) is 0 Å². The third-order valence-electron chi connectivity index (χ3n) is 3.08. The Labute approximate surface area is 91.8 Å². The maximum atomic E-state index is 10.7. The van der Waals surface area contributed by atoms with Crippen LogP contribution in [0, 0.1) is 0 Å². The molecule has 4 heteroatoms. The molecule has 0 aromatic carbocycles. The summed E-state index contributed by atoms with van der Waals surface area (Å²) in [5.41, 5.74) is 1.92. The minimum atomic E-state index is 0.543. The maximum absolute atomic E-state index is 10.7. The smallest absolute Gasteiger partial charge is 0.194 e. The number of carbonyl (C=O) groups excluding carboxylic acids is 1. The number of hydrogen-bond donors (Lipinski definition) is 0. The van der Waals surface area contributed by atoms with E-state index in [4.69, 9.17) is 0 Å². The summed E-state index contributed by atoms with van der Waals surface area (Å²) in [5.74, 6) is 0.594. The van der Waals surface area contributed by atoms with Crippen LogP contribution in [0.25, 0.3) is 4.96 Å². The zero-order chi connectivity index (χ0) is 10.4. The van der Waals surface area contributed by atoms with E-state index in [1.54, 1.807) is 11.3 Å². The van der Waals surface area contributed by atoms with E-state index in [9.17, 15) is 4.79 Å². The van der Waals surface area contributed by atoms with E-state index in [-0.39, 0.29) is 0 Å². The van der Waals surface area contributed by atoms with Crippen molar-refractivity contribution in [1.29, 1.82) is 0 Å². The van der Waals surface area contributed by atoms with Gasteiger partial charge in [-0.3, -0.25) is 9.20 Å². The summed E-state index contributed by atoms with van der Waals surface area (Å²) in [4.78, 5) is 17.4. The molecule has 2 heterocycles. The van der Waals surface area contributed by atoms with Crippen molar-refractivity contribution >= 4 is 22.6 Å². The number of imidazole rings is 1. The van der Waals surface area contributed by atoms with Crippen LogP contribution in [0.3, 0.4) is 0 Å². The molecule has 0 saturated heterocycles. The van der Waals surface area contributed by atoms with E-state index < -0.39 is 0 Å². The van der Waals surface area contributed by atoms with Crippen LogP contribution in [0.1, 0.15) is 46.7 Å². The SMILES string of the molecule is CC1CCCc2sc3nc(C=O)cn3c21. The third kappa shape index (κ3) is 1.24. The average Bonchev–Trinajstić information content (AvgIpc) is 2.73. The molecule has 3 rings (SSSR count). The van der Waals surface area contributed by atoms with Crippen molar-refractivity contribution in [3.8, 4) is 0 Å². The van der Waals surface area contributed by atoms with Crippen molar-refractivity contribution in [2.75, 3.05) is 0 Å². The van der Waals surface area contributed by atoms with Gasteiger partial charge in [0.25, 0.3) is 0 Å². The number of fused-ring (bicyclic) bond motifs is 3. The Morgan fingerprint density at radius 1 is 1.67 bits per heavy atom. The molecule has 0 saturated carbocycles. The van der Waals surface area contributed by atoms with Crippen LogP contribution in [0.5, 0.6) is 0 Å². The second-order valence-electron chi connectivity index (χ2n) is 4.14. The lowest BCUT2D eigenvalue weighted by Gasteiger charge is -2.18. The first kappa shape index (κ1) is 9.09. The van der Waals surface area contributed by atoms with Crippen LogP contribution < -0.4 is 0 Å². The molecule has 0 fully saturated rings. The standard InChI is InChI=1S/C11H12N2OS/c1-7-3-2-4-9-10(7)13-5-8(6-14)12-11(13)15-9/h5-7H,2-4H2,1H3. The van der Waals surface area contributed by atoms with Gasteiger partial charge >= 0.3 is 0 Å². The summed E-state index contributed by atoms with van der Waals surface area (Å²) in [6.07, 6.45) is 6.37. The maximum Gasteiger partial charge on any atom is 0.194 e. The highest BCUT2D eigenvalue weighted by Crippen LogP contribution is 2.36. The summed E-state index contributed by atoms with van der Waals surface area (Å²) >= 11 is 1.73. The lowest BCUT2D eigenvalue weighted by molar-refractivity contribution is 0.111. The second-order valence-corrected chi connectivity index (χ2v) is 5.20. The van der Waals surface area contributed by atoms with E-state index in [2.05, 4.69) is 16.3 Å². The molecule has 0 bridgehead atoms. The fraction of sp³-hybridized carbons (Fsp3) is 0.455. The van der Waals surface area contributed by atoms with E-state index in [1.807, 2.05) is 6.20 Å². The van der Waals surface area contributed by atoms with Crippen LogP contribution >= 0.6 is 11.3 Å². The van der Waals surface area contributed by atoms with Crippen LogP contribution in [-0.4, -0.2) is 15.7 Å². The molecule has 1 unspecified atom stereocenters. The fourth-order valence-electron chi connectivity index (χ4n) is 2.38. The van der Waals surface area contributed by atoms with Gasteiger partial charge in [0.15, 0.2) is 11.2 Å². The van der Waals surface area contributed by atoms with Gasteiger partial charge in [-0.05, 0) is 25.2 Å². The lowest BCUT2D eigenvalue weighted by Crippen LogP contribution is -2.07. The highest BCUT2D eigenvalue weighted by Gasteiger charge is 2.22. The van der Waals surface area contributed by atoms with Gasteiger partial charge in [-0.1, -0.05) is 6.92 Å². The molecule has 78 valence electrons. The number of aldehydes is 1. The van der Waals surface area contributed by atoms with E-state index in [0.29, 0.717) is 11.6 Å². The molecule has 0 radical (unpaired) electrons. The molecular weight excluding hydrogens is 208 g/mol. The Kier molecular flexibility index (Phi) is 1.92. The number of nitrogens with zero attached hydrogens (tertiary/aromatic N) is 2. The molecule has 1 aliphatic carbocycles. The quantitative estimate of drug-likeness (QED) is 0.692. The Balaban J connectivity index is 2.27. The predicted molar refractivity (Wildman–Crippen MR) is 59.8 cm³/mol. The molecule has 2 aromatic heterocycles. The molecule has 0 aliphatic heterocycles. The van der Waals surface area contributed by atoms with Gasteiger partial charge in [0.05, 0.1) is 0 Å². The van der Waals surface area contributed by atoms with Gasteiger partial charge in [-0.15, -0.1) is 11.3 Å². The Morgan fingerprint density at radius 2 is 2.53 bits per heavy atom. The Morgan fingerprint density at radius 3 is 3.33 bits per heavy atom. The first-order valence-corrected chi connectivity index (χ1v) is 6.07. The van der Waals surface area contributed by atoms with Crippen LogP contribution in [0.2, 0.25) is 0 Å². The topological polar surface area (TPSA) is 34.4 Å². The van der Waals surface area contributed by atoms with Crippen LogP contribution in [0.15, 0.2) is 6.20 Å². The third-order valence-corrected chi connectivity index (χ3v) is 4.21. The first-order valence-electron chi connectivity index (χ1n) is 5.25. The number of carbonyl (C=O) groups is 1. The van der Waals surface area contributed by atoms with Gasteiger partial charge in [-0.25, -0.2) is 4.98 Å². The van der Waals surface area contributed by atoms with E-state index in [0.717, 1.165) is 11.2 Å².